The maximum atomic E-state index is 11.9. The number of aromatic nitrogens is 1. The lowest BCUT2D eigenvalue weighted by atomic mass is 10.2. The number of rotatable bonds is 6. The third kappa shape index (κ3) is 5.47. The van der Waals surface area contributed by atoms with Crippen LogP contribution in [-0.4, -0.2) is 24.0 Å². The fraction of sp³-hybridized carbons (Fsp3) is 0.222. The van der Waals surface area contributed by atoms with Crippen molar-refractivity contribution in [1.29, 1.82) is 0 Å². The van der Waals surface area contributed by atoms with Crippen molar-refractivity contribution in [3.05, 3.63) is 54.2 Å². The summed E-state index contributed by atoms with van der Waals surface area (Å²) in [6, 6.07) is 11.5. The van der Waals surface area contributed by atoms with Crippen molar-refractivity contribution in [3.8, 4) is 5.75 Å². The Hall–Kier alpha value is -2.82. The zero-order chi connectivity index (χ0) is 16.7. The minimum Gasteiger partial charge on any atom is -0.497 e. The van der Waals surface area contributed by atoms with Crippen LogP contribution in [0.4, 0.5) is 11.5 Å². The molecule has 23 heavy (non-hydrogen) atoms. The van der Waals surface area contributed by atoms with E-state index in [1.165, 1.54) is 6.08 Å². The number of hydrogen-bond donors (Lipinski definition) is 2. The highest BCUT2D eigenvalue weighted by Gasteiger charge is 2.01. The van der Waals surface area contributed by atoms with E-state index in [1.54, 1.807) is 19.4 Å². The van der Waals surface area contributed by atoms with Gasteiger partial charge in [-0.3, -0.25) is 4.79 Å². The molecule has 1 aromatic carbocycles. The van der Waals surface area contributed by atoms with E-state index in [-0.39, 0.29) is 5.91 Å². The van der Waals surface area contributed by atoms with Crippen LogP contribution in [0.2, 0.25) is 0 Å². The largest absolute Gasteiger partial charge is 0.497 e. The van der Waals surface area contributed by atoms with Crippen LogP contribution in [0.5, 0.6) is 5.75 Å². The Kier molecular flexibility index (Phi) is 5.74. The third-order valence-corrected chi connectivity index (χ3v) is 2.99. The van der Waals surface area contributed by atoms with Crippen LogP contribution >= 0.6 is 0 Å². The molecule has 0 unspecified atom stereocenters. The van der Waals surface area contributed by atoms with Crippen LogP contribution in [0.15, 0.2) is 48.7 Å². The van der Waals surface area contributed by atoms with Crippen molar-refractivity contribution in [2.75, 3.05) is 17.7 Å². The van der Waals surface area contributed by atoms with E-state index < -0.39 is 0 Å². The van der Waals surface area contributed by atoms with Crippen molar-refractivity contribution in [2.24, 2.45) is 0 Å². The molecular weight excluding hydrogens is 290 g/mol. The molecule has 0 saturated carbocycles. The lowest BCUT2D eigenvalue weighted by Gasteiger charge is -2.09. The summed E-state index contributed by atoms with van der Waals surface area (Å²) in [5, 5.41) is 5.97. The number of benzene rings is 1. The highest BCUT2D eigenvalue weighted by molar-refractivity contribution is 6.01. The molecule has 2 rings (SSSR count). The van der Waals surface area contributed by atoms with E-state index >= 15 is 0 Å². The van der Waals surface area contributed by atoms with E-state index in [0.717, 1.165) is 17.1 Å². The summed E-state index contributed by atoms with van der Waals surface area (Å²) in [4.78, 5) is 16.2. The summed E-state index contributed by atoms with van der Waals surface area (Å²) in [7, 11) is 1.61. The minimum absolute atomic E-state index is 0.209. The lowest BCUT2D eigenvalue weighted by molar-refractivity contribution is -0.111. The summed E-state index contributed by atoms with van der Waals surface area (Å²) in [6.07, 6.45) is 4.84. The molecule has 0 aliphatic heterocycles. The number of ether oxygens (including phenoxy) is 1. The number of methoxy groups -OCH3 is 1. The second kappa shape index (κ2) is 7.98. The molecule has 0 aliphatic rings. The van der Waals surface area contributed by atoms with E-state index in [4.69, 9.17) is 4.74 Å². The van der Waals surface area contributed by atoms with Gasteiger partial charge >= 0.3 is 0 Å². The monoisotopic (exact) mass is 311 g/mol. The molecule has 1 amide bonds. The smallest absolute Gasteiger partial charge is 0.248 e. The van der Waals surface area contributed by atoms with Crippen molar-refractivity contribution in [1.82, 2.24) is 4.98 Å². The molecule has 0 atom stereocenters. The van der Waals surface area contributed by atoms with Gasteiger partial charge in [0.2, 0.25) is 5.91 Å². The molecule has 5 heteroatoms. The number of hydrogen-bond acceptors (Lipinski definition) is 4. The second-order valence-corrected chi connectivity index (χ2v) is 5.33. The molecule has 0 radical (unpaired) electrons. The maximum Gasteiger partial charge on any atom is 0.248 e. The number of nitrogens with one attached hydrogen (secondary N) is 2. The van der Waals surface area contributed by atoms with Gasteiger partial charge < -0.3 is 15.4 Å². The standard InChI is InChI=1S/C18H21N3O2/c1-13(2)20-17-9-8-15(12-19-17)21-18(22)10-7-14-5-4-6-16(11-14)23-3/h4-13H,1-3H3,(H,19,20)(H,21,22)/b10-7+. The number of carbonyl (C=O) groups is 1. The normalized spacial score (nSPS) is 10.8. The fourth-order valence-electron chi connectivity index (χ4n) is 1.95. The van der Waals surface area contributed by atoms with Crippen LogP contribution in [-0.2, 0) is 4.79 Å². The van der Waals surface area contributed by atoms with Crippen molar-refractivity contribution in [2.45, 2.75) is 19.9 Å². The molecule has 0 aliphatic carbocycles. The Morgan fingerprint density at radius 3 is 2.74 bits per heavy atom. The van der Waals surface area contributed by atoms with Gasteiger partial charge in [0.1, 0.15) is 11.6 Å². The van der Waals surface area contributed by atoms with Crippen LogP contribution in [0.25, 0.3) is 6.08 Å². The third-order valence-electron chi connectivity index (χ3n) is 2.99. The number of anilines is 2. The summed E-state index contributed by atoms with van der Waals surface area (Å²) in [5.41, 5.74) is 1.55. The SMILES string of the molecule is COc1cccc(/C=C/C(=O)Nc2ccc(NC(C)C)nc2)c1. The van der Waals surface area contributed by atoms with Crippen LogP contribution in [0.3, 0.4) is 0 Å². The Balaban J connectivity index is 1.94. The van der Waals surface area contributed by atoms with Gasteiger partial charge in [0, 0.05) is 12.1 Å². The van der Waals surface area contributed by atoms with Gasteiger partial charge in [0.25, 0.3) is 0 Å². The van der Waals surface area contributed by atoms with Gasteiger partial charge in [-0.05, 0) is 49.8 Å². The summed E-state index contributed by atoms with van der Waals surface area (Å²) in [6.45, 7) is 4.08. The molecule has 1 aromatic heterocycles. The van der Waals surface area contributed by atoms with E-state index in [1.807, 2.05) is 50.2 Å². The Labute approximate surface area is 136 Å². The highest BCUT2D eigenvalue weighted by atomic mass is 16.5. The molecular formula is C18H21N3O2. The van der Waals surface area contributed by atoms with Gasteiger partial charge in [0.05, 0.1) is 19.0 Å². The molecule has 2 N–H and O–H groups in total. The molecule has 0 fully saturated rings. The Morgan fingerprint density at radius 2 is 2.09 bits per heavy atom. The van der Waals surface area contributed by atoms with Crippen LogP contribution in [0, 0.1) is 0 Å². The molecule has 5 nitrogen and oxygen atoms in total. The molecule has 120 valence electrons. The second-order valence-electron chi connectivity index (χ2n) is 5.33. The molecule has 0 spiro atoms. The summed E-state index contributed by atoms with van der Waals surface area (Å²) >= 11 is 0. The first-order valence-corrected chi connectivity index (χ1v) is 7.42. The van der Waals surface area contributed by atoms with Gasteiger partial charge in [-0.15, -0.1) is 0 Å². The number of carbonyl (C=O) groups excluding carboxylic acids is 1. The first kappa shape index (κ1) is 16.5. The fourth-order valence-corrected chi connectivity index (χ4v) is 1.95. The van der Waals surface area contributed by atoms with Crippen LogP contribution in [0.1, 0.15) is 19.4 Å². The predicted octanol–water partition coefficient (Wildman–Crippen LogP) is 3.56. The minimum atomic E-state index is -0.209. The molecule has 0 bridgehead atoms. The summed E-state index contributed by atoms with van der Waals surface area (Å²) < 4.78 is 5.15. The quantitative estimate of drug-likeness (QED) is 0.801. The Morgan fingerprint density at radius 1 is 1.26 bits per heavy atom. The average Bonchev–Trinajstić information content (AvgIpc) is 2.54. The van der Waals surface area contributed by atoms with E-state index in [0.29, 0.717) is 11.7 Å². The molecule has 0 saturated heterocycles. The van der Waals surface area contributed by atoms with Gasteiger partial charge in [-0.1, -0.05) is 12.1 Å². The van der Waals surface area contributed by atoms with E-state index in [2.05, 4.69) is 15.6 Å². The van der Waals surface area contributed by atoms with Crippen molar-refractivity contribution in [3.63, 3.8) is 0 Å². The predicted molar refractivity (Wildman–Crippen MR) is 93.7 cm³/mol. The van der Waals surface area contributed by atoms with Crippen molar-refractivity contribution >= 4 is 23.5 Å². The number of nitrogens with zero attached hydrogens (tertiary/aromatic N) is 1. The zero-order valence-corrected chi connectivity index (χ0v) is 13.5. The van der Waals surface area contributed by atoms with Gasteiger partial charge in [-0.25, -0.2) is 4.98 Å². The van der Waals surface area contributed by atoms with Crippen LogP contribution < -0.4 is 15.4 Å². The maximum absolute atomic E-state index is 11.9. The van der Waals surface area contributed by atoms with Gasteiger partial charge in [0.15, 0.2) is 0 Å². The average molecular weight is 311 g/mol. The van der Waals surface area contributed by atoms with Gasteiger partial charge in [-0.2, -0.15) is 0 Å². The number of pyridine rings is 1. The zero-order valence-electron chi connectivity index (χ0n) is 13.5. The molecule has 1 heterocycles. The number of amides is 1. The first-order valence-electron chi connectivity index (χ1n) is 7.42. The molecule has 2 aromatic rings. The Bertz CT molecular complexity index is 679. The van der Waals surface area contributed by atoms with Crippen molar-refractivity contribution < 1.29 is 9.53 Å². The highest BCUT2D eigenvalue weighted by Crippen LogP contribution is 2.14. The topological polar surface area (TPSA) is 63.2 Å². The summed E-state index contributed by atoms with van der Waals surface area (Å²) in [5.74, 6) is 1.33. The van der Waals surface area contributed by atoms with E-state index in [9.17, 15) is 4.79 Å². The lowest BCUT2D eigenvalue weighted by Crippen LogP contribution is -2.12. The first-order chi connectivity index (χ1) is 11.1.